The van der Waals surface area contributed by atoms with E-state index in [1.807, 2.05) is 84.9 Å². The lowest BCUT2D eigenvalue weighted by atomic mass is 9.96. The molecule has 4 rings (SSSR count). The summed E-state index contributed by atoms with van der Waals surface area (Å²) in [6.07, 6.45) is 0. The molecule has 25 heavy (non-hydrogen) atoms. The summed E-state index contributed by atoms with van der Waals surface area (Å²) in [7, 11) is 0. The summed E-state index contributed by atoms with van der Waals surface area (Å²) >= 11 is 6.11. The first kappa shape index (κ1) is 15.6. The van der Waals surface area contributed by atoms with E-state index in [0.29, 0.717) is 21.8 Å². The summed E-state index contributed by atoms with van der Waals surface area (Å²) in [5.41, 5.74) is 3.63. The van der Waals surface area contributed by atoms with Crippen LogP contribution in [0, 0.1) is 0 Å². The van der Waals surface area contributed by atoms with E-state index in [1.54, 1.807) is 0 Å². The van der Waals surface area contributed by atoms with Crippen LogP contribution in [-0.4, -0.2) is 10.8 Å². The number of fused-ring (bicyclic) bond motifs is 1. The van der Waals surface area contributed by atoms with Gasteiger partial charge in [0.2, 0.25) is 0 Å². The Balaban J connectivity index is 1.98. The lowest BCUT2D eigenvalue weighted by molar-refractivity contribution is 0.103. The van der Waals surface area contributed by atoms with Gasteiger partial charge in [0.05, 0.1) is 11.2 Å². The third kappa shape index (κ3) is 3.04. The van der Waals surface area contributed by atoms with Crippen molar-refractivity contribution in [2.75, 3.05) is 0 Å². The highest BCUT2D eigenvalue weighted by Gasteiger charge is 2.17. The van der Waals surface area contributed by atoms with Gasteiger partial charge in [-0.05, 0) is 24.3 Å². The van der Waals surface area contributed by atoms with Gasteiger partial charge in [-0.25, -0.2) is 4.98 Å². The van der Waals surface area contributed by atoms with Gasteiger partial charge in [0, 0.05) is 27.1 Å². The molecule has 120 valence electrons. The second-order valence-electron chi connectivity index (χ2n) is 5.78. The normalized spacial score (nSPS) is 10.8. The Bertz CT molecular complexity index is 1060. The number of halogens is 1. The number of hydrogen-bond donors (Lipinski definition) is 0. The highest BCUT2D eigenvalue weighted by molar-refractivity contribution is 6.31. The van der Waals surface area contributed by atoms with Gasteiger partial charge in [0.25, 0.3) is 0 Å². The van der Waals surface area contributed by atoms with Crippen LogP contribution in [0.3, 0.4) is 0 Å². The van der Waals surface area contributed by atoms with E-state index in [1.165, 1.54) is 0 Å². The second kappa shape index (κ2) is 6.50. The molecule has 0 amide bonds. The maximum absolute atomic E-state index is 13.1. The van der Waals surface area contributed by atoms with E-state index < -0.39 is 0 Å². The van der Waals surface area contributed by atoms with Gasteiger partial charge in [0.1, 0.15) is 0 Å². The SMILES string of the molecule is O=C(c1ccccc1)c1cc2cc(Cl)ccc2nc1-c1ccccc1. The van der Waals surface area contributed by atoms with E-state index in [0.717, 1.165) is 16.5 Å². The average Bonchev–Trinajstić information content (AvgIpc) is 2.67. The minimum absolute atomic E-state index is 0.0474. The maximum Gasteiger partial charge on any atom is 0.195 e. The zero-order valence-electron chi connectivity index (χ0n) is 13.3. The molecule has 0 N–H and O–H groups in total. The molecule has 0 spiro atoms. The van der Waals surface area contributed by atoms with Crippen LogP contribution in [0.15, 0.2) is 84.9 Å². The predicted octanol–water partition coefficient (Wildman–Crippen LogP) is 5.79. The number of rotatable bonds is 3. The van der Waals surface area contributed by atoms with Gasteiger partial charge >= 0.3 is 0 Å². The molecular formula is C22H14ClNO. The molecule has 0 atom stereocenters. The Labute approximate surface area is 150 Å². The molecule has 0 aliphatic rings. The Kier molecular flexibility index (Phi) is 4.04. The Morgan fingerprint density at radius 3 is 2.20 bits per heavy atom. The minimum Gasteiger partial charge on any atom is -0.289 e. The van der Waals surface area contributed by atoms with Crippen molar-refractivity contribution in [2.24, 2.45) is 0 Å². The number of pyridine rings is 1. The van der Waals surface area contributed by atoms with Crippen molar-refractivity contribution < 1.29 is 4.79 Å². The van der Waals surface area contributed by atoms with Crippen LogP contribution in [0.25, 0.3) is 22.2 Å². The highest BCUT2D eigenvalue weighted by atomic mass is 35.5. The van der Waals surface area contributed by atoms with Gasteiger partial charge in [-0.2, -0.15) is 0 Å². The number of ketones is 1. The summed E-state index contributed by atoms with van der Waals surface area (Å²) in [6, 6.07) is 26.4. The highest BCUT2D eigenvalue weighted by Crippen LogP contribution is 2.28. The van der Waals surface area contributed by atoms with Crippen molar-refractivity contribution in [3.63, 3.8) is 0 Å². The van der Waals surface area contributed by atoms with Crippen molar-refractivity contribution in [3.05, 3.63) is 101 Å². The van der Waals surface area contributed by atoms with Crippen molar-refractivity contribution in [2.45, 2.75) is 0 Å². The van der Waals surface area contributed by atoms with Crippen molar-refractivity contribution >= 4 is 28.3 Å². The quantitative estimate of drug-likeness (QED) is 0.441. The van der Waals surface area contributed by atoms with Gasteiger partial charge in [-0.3, -0.25) is 4.79 Å². The largest absolute Gasteiger partial charge is 0.289 e. The number of benzene rings is 3. The topological polar surface area (TPSA) is 30.0 Å². The van der Waals surface area contributed by atoms with Crippen LogP contribution in [0.1, 0.15) is 15.9 Å². The summed E-state index contributed by atoms with van der Waals surface area (Å²) in [5, 5.41) is 1.48. The fourth-order valence-corrected chi connectivity index (χ4v) is 3.06. The van der Waals surface area contributed by atoms with E-state index >= 15 is 0 Å². The minimum atomic E-state index is -0.0474. The Morgan fingerprint density at radius 2 is 1.48 bits per heavy atom. The molecule has 2 nitrogen and oxygen atoms in total. The van der Waals surface area contributed by atoms with Crippen LogP contribution in [0.2, 0.25) is 5.02 Å². The lowest BCUT2D eigenvalue weighted by Gasteiger charge is -2.11. The van der Waals surface area contributed by atoms with Crippen LogP contribution in [0.4, 0.5) is 0 Å². The zero-order chi connectivity index (χ0) is 17.2. The third-order valence-electron chi connectivity index (χ3n) is 4.10. The third-order valence-corrected chi connectivity index (χ3v) is 4.34. The van der Waals surface area contributed by atoms with Gasteiger partial charge in [0.15, 0.2) is 5.78 Å². The van der Waals surface area contributed by atoms with E-state index in [-0.39, 0.29) is 5.78 Å². The van der Waals surface area contributed by atoms with Crippen LogP contribution in [-0.2, 0) is 0 Å². The molecule has 0 saturated carbocycles. The molecule has 0 unspecified atom stereocenters. The molecule has 4 aromatic rings. The Morgan fingerprint density at radius 1 is 0.800 bits per heavy atom. The fourth-order valence-electron chi connectivity index (χ4n) is 2.88. The first-order valence-electron chi connectivity index (χ1n) is 7.98. The van der Waals surface area contributed by atoms with Gasteiger partial charge < -0.3 is 0 Å². The predicted molar refractivity (Wildman–Crippen MR) is 102 cm³/mol. The number of aromatic nitrogens is 1. The molecule has 0 fully saturated rings. The van der Waals surface area contributed by atoms with Crippen molar-refractivity contribution in [1.29, 1.82) is 0 Å². The fraction of sp³-hybridized carbons (Fsp3) is 0. The smallest absolute Gasteiger partial charge is 0.195 e. The second-order valence-corrected chi connectivity index (χ2v) is 6.22. The maximum atomic E-state index is 13.1. The molecule has 0 radical (unpaired) electrons. The number of nitrogens with zero attached hydrogens (tertiary/aromatic N) is 1. The standard InChI is InChI=1S/C22H14ClNO/c23-18-11-12-20-17(13-18)14-19(22(25)16-9-5-2-6-10-16)21(24-20)15-7-3-1-4-8-15/h1-14H. The monoisotopic (exact) mass is 343 g/mol. The average molecular weight is 344 g/mol. The molecule has 3 heteroatoms. The lowest BCUT2D eigenvalue weighted by Crippen LogP contribution is -2.05. The molecule has 0 saturated heterocycles. The summed E-state index contributed by atoms with van der Waals surface area (Å²) in [5.74, 6) is -0.0474. The molecule has 0 bridgehead atoms. The molecule has 1 heterocycles. The van der Waals surface area contributed by atoms with E-state index in [4.69, 9.17) is 16.6 Å². The van der Waals surface area contributed by atoms with E-state index in [9.17, 15) is 4.79 Å². The number of hydrogen-bond acceptors (Lipinski definition) is 2. The number of carbonyl (C=O) groups excluding carboxylic acids is 1. The molecule has 3 aromatic carbocycles. The molecular weight excluding hydrogens is 330 g/mol. The van der Waals surface area contributed by atoms with Crippen molar-refractivity contribution in [1.82, 2.24) is 4.98 Å². The van der Waals surface area contributed by atoms with Crippen LogP contribution < -0.4 is 0 Å². The van der Waals surface area contributed by atoms with Crippen molar-refractivity contribution in [3.8, 4) is 11.3 Å². The summed E-state index contributed by atoms with van der Waals surface area (Å²) in [4.78, 5) is 17.8. The summed E-state index contributed by atoms with van der Waals surface area (Å²) < 4.78 is 0. The number of carbonyl (C=O) groups is 1. The molecule has 0 aliphatic heterocycles. The Hall–Kier alpha value is -2.97. The van der Waals surface area contributed by atoms with Crippen LogP contribution in [0.5, 0.6) is 0 Å². The first-order valence-corrected chi connectivity index (χ1v) is 8.36. The van der Waals surface area contributed by atoms with Gasteiger partial charge in [-0.1, -0.05) is 72.3 Å². The first-order chi connectivity index (χ1) is 12.2. The molecule has 1 aromatic heterocycles. The van der Waals surface area contributed by atoms with Gasteiger partial charge in [-0.15, -0.1) is 0 Å². The van der Waals surface area contributed by atoms with E-state index in [2.05, 4.69) is 0 Å². The van der Waals surface area contributed by atoms with Crippen LogP contribution >= 0.6 is 11.6 Å². The zero-order valence-corrected chi connectivity index (χ0v) is 14.1. The summed E-state index contributed by atoms with van der Waals surface area (Å²) in [6.45, 7) is 0. The molecule has 0 aliphatic carbocycles.